The van der Waals surface area contributed by atoms with E-state index in [1.807, 2.05) is 0 Å². The third-order valence-corrected chi connectivity index (χ3v) is 9.12. The van der Waals surface area contributed by atoms with Crippen LogP contribution in [0.2, 0.25) is 0 Å². The monoisotopic (exact) mass is 558 g/mol. The summed E-state index contributed by atoms with van der Waals surface area (Å²) < 4.78 is 51.7. The Bertz CT molecular complexity index is 1040. The van der Waals surface area contributed by atoms with Crippen LogP contribution in [-0.2, 0) is 12.3 Å². The number of halogens is 3. The molecule has 2 aliphatic carbocycles. The minimum absolute atomic E-state index is 0.297. The summed E-state index contributed by atoms with van der Waals surface area (Å²) in [7, 11) is 0. The van der Waals surface area contributed by atoms with E-state index < -0.39 is 23.4 Å². The van der Waals surface area contributed by atoms with Crippen LogP contribution in [0.1, 0.15) is 128 Å². The van der Waals surface area contributed by atoms with Crippen LogP contribution in [-0.4, -0.2) is 16.6 Å². The van der Waals surface area contributed by atoms with Gasteiger partial charge in [-0.25, -0.2) is 13.8 Å². The van der Waals surface area contributed by atoms with E-state index in [0.29, 0.717) is 48.6 Å². The molecule has 2 aromatic heterocycles. The van der Waals surface area contributed by atoms with Crippen molar-refractivity contribution in [1.82, 2.24) is 9.97 Å². The highest BCUT2D eigenvalue weighted by molar-refractivity contribution is 5.57. The second-order valence-electron chi connectivity index (χ2n) is 12.2. The van der Waals surface area contributed by atoms with Crippen LogP contribution in [0.3, 0.4) is 0 Å². The molecule has 6 heteroatoms. The Kier molecular flexibility index (Phi) is 11.7. The molecule has 2 heterocycles. The molecule has 0 amide bonds. The fourth-order valence-corrected chi connectivity index (χ4v) is 6.47. The van der Waals surface area contributed by atoms with Crippen LogP contribution in [0.15, 0.2) is 24.4 Å². The lowest BCUT2D eigenvalue weighted by molar-refractivity contribution is -0.0824. The minimum Gasteiger partial charge on any atom is -0.492 e. The maximum absolute atomic E-state index is 15.4. The zero-order chi connectivity index (χ0) is 28.4. The average molecular weight is 559 g/mol. The molecular weight excluding hydrogens is 509 g/mol. The summed E-state index contributed by atoms with van der Waals surface area (Å²) in [5.74, 6) is -2.52. The predicted octanol–water partition coefficient (Wildman–Crippen LogP) is 10.5. The maximum Gasteiger partial charge on any atom is 0.280 e. The number of alkyl halides is 2. The standard InChI is InChI=1S/C34H49F3N2O/c1-3-5-6-7-8-9-12-15-28-19-18-27-23-31(39-33(35)32(27)34(28,36)37)30-21-20-29(24-38-30)40-22-13-10-11-14-25(4-2)26-16-17-26/h20-21,23-26,28H,3-19,22H2,1-2H3. The van der Waals surface area contributed by atoms with Crippen molar-refractivity contribution in [2.45, 2.75) is 129 Å². The van der Waals surface area contributed by atoms with E-state index in [2.05, 4.69) is 23.8 Å². The van der Waals surface area contributed by atoms with E-state index in [-0.39, 0.29) is 0 Å². The summed E-state index contributed by atoms with van der Waals surface area (Å²) in [4.78, 5) is 8.34. The normalized spacial score (nSPS) is 18.9. The molecule has 2 atom stereocenters. The van der Waals surface area contributed by atoms with Crippen LogP contribution in [0.25, 0.3) is 11.4 Å². The first-order chi connectivity index (χ1) is 19.4. The first kappa shape index (κ1) is 30.8. The van der Waals surface area contributed by atoms with Crippen LogP contribution in [0.5, 0.6) is 5.75 Å². The van der Waals surface area contributed by atoms with Gasteiger partial charge in [0.15, 0.2) is 0 Å². The molecule has 40 heavy (non-hydrogen) atoms. The smallest absolute Gasteiger partial charge is 0.280 e. The second kappa shape index (κ2) is 15.2. The van der Waals surface area contributed by atoms with Gasteiger partial charge in [0.25, 0.3) is 5.92 Å². The van der Waals surface area contributed by atoms with Gasteiger partial charge in [0.1, 0.15) is 5.75 Å². The highest BCUT2D eigenvalue weighted by Crippen LogP contribution is 2.48. The summed E-state index contributed by atoms with van der Waals surface area (Å²) in [5, 5.41) is 0. The number of aromatic nitrogens is 2. The van der Waals surface area contributed by atoms with Crippen molar-refractivity contribution >= 4 is 0 Å². The quantitative estimate of drug-likeness (QED) is 0.135. The predicted molar refractivity (Wildman–Crippen MR) is 156 cm³/mol. The van der Waals surface area contributed by atoms with Crippen molar-refractivity contribution in [1.29, 1.82) is 0 Å². The Morgan fingerprint density at radius 3 is 2.38 bits per heavy atom. The van der Waals surface area contributed by atoms with Crippen molar-refractivity contribution in [3.63, 3.8) is 0 Å². The van der Waals surface area contributed by atoms with Gasteiger partial charge in [-0.2, -0.15) is 4.39 Å². The lowest BCUT2D eigenvalue weighted by atomic mass is 9.78. The molecule has 4 rings (SSSR count). The average Bonchev–Trinajstić information content (AvgIpc) is 3.78. The first-order valence-corrected chi connectivity index (χ1v) is 16.1. The summed E-state index contributed by atoms with van der Waals surface area (Å²) >= 11 is 0. The van der Waals surface area contributed by atoms with Crippen LogP contribution >= 0.6 is 0 Å². The summed E-state index contributed by atoms with van der Waals surface area (Å²) in [6.07, 6.45) is 19.4. The molecule has 2 aromatic rings. The Balaban J connectivity index is 1.25. The zero-order valence-electron chi connectivity index (χ0n) is 24.7. The molecule has 1 saturated carbocycles. The molecular formula is C34H49F3N2O. The summed E-state index contributed by atoms with van der Waals surface area (Å²) in [5.41, 5.74) is 0.619. The van der Waals surface area contributed by atoms with E-state index in [0.717, 1.165) is 43.9 Å². The first-order valence-electron chi connectivity index (χ1n) is 16.1. The van der Waals surface area contributed by atoms with Gasteiger partial charge in [0.2, 0.25) is 5.95 Å². The fraction of sp³-hybridized carbons (Fsp3) is 0.706. The van der Waals surface area contributed by atoms with Gasteiger partial charge in [-0.3, -0.25) is 4.98 Å². The SMILES string of the molecule is CCCCCCCCCC1CCc2cc(-c3ccc(OCCCCCC(CC)C4CC4)cn3)nc(F)c2C1(F)F. The van der Waals surface area contributed by atoms with Gasteiger partial charge in [-0.05, 0) is 74.1 Å². The number of aryl methyl sites for hydroxylation is 1. The molecule has 0 aromatic carbocycles. The number of unbranched alkanes of at least 4 members (excludes halogenated alkanes) is 8. The summed E-state index contributed by atoms with van der Waals surface area (Å²) in [6, 6.07) is 5.13. The number of fused-ring (bicyclic) bond motifs is 1. The maximum atomic E-state index is 15.4. The van der Waals surface area contributed by atoms with Gasteiger partial charge in [0, 0.05) is 5.92 Å². The summed E-state index contributed by atoms with van der Waals surface area (Å²) in [6.45, 7) is 5.13. The molecule has 3 nitrogen and oxygen atoms in total. The Morgan fingerprint density at radius 2 is 1.68 bits per heavy atom. The molecule has 0 radical (unpaired) electrons. The zero-order valence-corrected chi connectivity index (χ0v) is 24.7. The number of rotatable bonds is 18. The topological polar surface area (TPSA) is 35.0 Å². The molecule has 2 aliphatic rings. The number of hydrogen-bond acceptors (Lipinski definition) is 3. The van der Waals surface area contributed by atoms with Crippen LogP contribution < -0.4 is 4.74 Å². The molecule has 0 saturated heterocycles. The van der Waals surface area contributed by atoms with Gasteiger partial charge < -0.3 is 4.74 Å². The highest BCUT2D eigenvalue weighted by atomic mass is 19.3. The third-order valence-electron chi connectivity index (χ3n) is 9.12. The van der Waals surface area contributed by atoms with E-state index >= 15 is 13.2 Å². The second-order valence-corrected chi connectivity index (χ2v) is 12.2. The van der Waals surface area contributed by atoms with Crippen molar-refractivity contribution in [3.05, 3.63) is 41.5 Å². The van der Waals surface area contributed by atoms with Gasteiger partial charge >= 0.3 is 0 Å². The molecule has 0 aliphatic heterocycles. The lowest BCUT2D eigenvalue weighted by Gasteiger charge is -2.33. The minimum atomic E-state index is -3.19. The van der Waals surface area contributed by atoms with Crippen molar-refractivity contribution in [3.8, 4) is 17.1 Å². The van der Waals surface area contributed by atoms with E-state index in [1.165, 1.54) is 57.8 Å². The molecule has 2 unspecified atom stereocenters. The Labute approximate surface area is 239 Å². The largest absolute Gasteiger partial charge is 0.492 e. The van der Waals surface area contributed by atoms with Gasteiger partial charge in [-0.15, -0.1) is 0 Å². The van der Waals surface area contributed by atoms with Crippen molar-refractivity contribution < 1.29 is 17.9 Å². The molecule has 0 N–H and O–H groups in total. The number of ether oxygens (including phenoxy) is 1. The van der Waals surface area contributed by atoms with E-state index in [9.17, 15) is 0 Å². The molecule has 0 spiro atoms. The Morgan fingerprint density at radius 1 is 0.925 bits per heavy atom. The number of hydrogen-bond donors (Lipinski definition) is 0. The van der Waals surface area contributed by atoms with Gasteiger partial charge in [0.05, 0.1) is 29.8 Å². The number of pyridine rings is 2. The Hall–Kier alpha value is -2.11. The molecule has 1 fully saturated rings. The van der Waals surface area contributed by atoms with Crippen molar-refractivity contribution in [2.24, 2.45) is 17.8 Å². The number of nitrogens with zero attached hydrogens (tertiary/aromatic N) is 2. The van der Waals surface area contributed by atoms with E-state index in [4.69, 9.17) is 4.74 Å². The van der Waals surface area contributed by atoms with Crippen molar-refractivity contribution in [2.75, 3.05) is 6.61 Å². The lowest BCUT2D eigenvalue weighted by Crippen LogP contribution is -2.33. The van der Waals surface area contributed by atoms with Gasteiger partial charge in [-0.1, -0.05) is 84.5 Å². The van der Waals surface area contributed by atoms with E-state index in [1.54, 1.807) is 24.4 Å². The van der Waals surface area contributed by atoms with Crippen LogP contribution in [0.4, 0.5) is 13.2 Å². The molecule has 222 valence electrons. The van der Waals surface area contributed by atoms with Crippen LogP contribution in [0, 0.1) is 23.7 Å². The highest BCUT2D eigenvalue weighted by Gasteiger charge is 2.47. The fourth-order valence-electron chi connectivity index (χ4n) is 6.47. The third kappa shape index (κ3) is 8.45. The molecule has 0 bridgehead atoms.